The summed E-state index contributed by atoms with van der Waals surface area (Å²) in [5, 5.41) is 4.18. The SMILES string of the molecule is COCCOc1ccccc1C(NN)c1cnn(C)c1. The summed E-state index contributed by atoms with van der Waals surface area (Å²) in [6, 6.07) is 7.63. The maximum Gasteiger partial charge on any atom is 0.124 e. The van der Waals surface area contributed by atoms with Crippen LogP contribution in [0.15, 0.2) is 36.7 Å². The molecule has 1 heterocycles. The Morgan fingerprint density at radius 1 is 1.35 bits per heavy atom. The molecule has 1 aromatic heterocycles. The summed E-state index contributed by atoms with van der Waals surface area (Å²) in [6.07, 6.45) is 3.72. The second-order valence-corrected chi connectivity index (χ2v) is 4.43. The fourth-order valence-corrected chi connectivity index (χ4v) is 2.04. The van der Waals surface area contributed by atoms with Crippen molar-refractivity contribution in [2.75, 3.05) is 20.3 Å². The quantitative estimate of drug-likeness (QED) is 0.448. The van der Waals surface area contributed by atoms with Gasteiger partial charge in [-0.25, -0.2) is 5.43 Å². The van der Waals surface area contributed by atoms with Gasteiger partial charge in [0.05, 0.1) is 18.8 Å². The van der Waals surface area contributed by atoms with Crippen LogP contribution in [0.4, 0.5) is 0 Å². The third-order valence-electron chi connectivity index (χ3n) is 3.00. The zero-order valence-electron chi connectivity index (χ0n) is 11.7. The number of hydrogen-bond acceptors (Lipinski definition) is 5. The smallest absolute Gasteiger partial charge is 0.124 e. The summed E-state index contributed by atoms with van der Waals surface area (Å²) in [7, 11) is 3.52. The summed E-state index contributed by atoms with van der Waals surface area (Å²) in [5.74, 6) is 6.49. The van der Waals surface area contributed by atoms with Gasteiger partial charge in [-0.15, -0.1) is 0 Å². The van der Waals surface area contributed by atoms with E-state index in [4.69, 9.17) is 15.3 Å². The molecule has 0 radical (unpaired) electrons. The lowest BCUT2D eigenvalue weighted by atomic mass is 10.0. The minimum Gasteiger partial charge on any atom is -0.491 e. The third kappa shape index (κ3) is 3.36. The first-order valence-electron chi connectivity index (χ1n) is 6.41. The van der Waals surface area contributed by atoms with Crippen LogP contribution in [0.5, 0.6) is 5.75 Å². The summed E-state index contributed by atoms with van der Waals surface area (Å²) < 4.78 is 12.5. The lowest BCUT2D eigenvalue weighted by Crippen LogP contribution is -2.29. The number of hydrazine groups is 1. The second kappa shape index (κ2) is 7.04. The number of nitrogens with two attached hydrogens (primary N) is 1. The molecule has 0 aliphatic rings. The molecule has 0 spiro atoms. The van der Waals surface area contributed by atoms with Gasteiger partial charge < -0.3 is 9.47 Å². The third-order valence-corrected chi connectivity index (χ3v) is 3.00. The number of hydrogen-bond donors (Lipinski definition) is 2. The highest BCUT2D eigenvalue weighted by atomic mass is 16.5. The number of aryl methyl sites for hydroxylation is 1. The molecule has 6 nitrogen and oxygen atoms in total. The average molecular weight is 276 g/mol. The number of para-hydroxylation sites is 1. The maximum absolute atomic E-state index is 5.74. The molecular weight excluding hydrogens is 256 g/mol. The molecule has 2 aromatic rings. The fraction of sp³-hybridized carbons (Fsp3) is 0.357. The minimum absolute atomic E-state index is 0.164. The Bertz CT molecular complexity index is 541. The van der Waals surface area contributed by atoms with E-state index in [1.165, 1.54) is 0 Å². The van der Waals surface area contributed by atoms with Crippen LogP contribution in [0.2, 0.25) is 0 Å². The Balaban J connectivity index is 2.25. The molecule has 1 unspecified atom stereocenters. The molecule has 6 heteroatoms. The number of ether oxygens (including phenoxy) is 2. The predicted molar refractivity (Wildman–Crippen MR) is 76.2 cm³/mol. The highest BCUT2D eigenvalue weighted by molar-refractivity contribution is 5.40. The van der Waals surface area contributed by atoms with E-state index in [2.05, 4.69) is 10.5 Å². The van der Waals surface area contributed by atoms with Gasteiger partial charge in [0.15, 0.2) is 0 Å². The molecule has 0 saturated carbocycles. The standard InChI is InChI=1S/C14H20N4O2/c1-18-10-11(9-16-18)14(17-15)12-5-3-4-6-13(12)20-8-7-19-2/h3-6,9-10,14,17H,7-8,15H2,1-2H3. The van der Waals surface area contributed by atoms with Crippen molar-refractivity contribution in [3.8, 4) is 5.75 Å². The predicted octanol–water partition coefficient (Wildman–Crippen LogP) is 0.998. The highest BCUT2D eigenvalue weighted by Crippen LogP contribution is 2.29. The topological polar surface area (TPSA) is 74.3 Å². The van der Waals surface area contributed by atoms with Crippen molar-refractivity contribution in [1.29, 1.82) is 0 Å². The molecule has 0 amide bonds. The molecule has 0 aliphatic carbocycles. The summed E-state index contributed by atoms with van der Waals surface area (Å²) in [4.78, 5) is 0. The molecule has 2 rings (SSSR count). The van der Waals surface area contributed by atoms with Crippen LogP contribution in [0.3, 0.4) is 0 Å². The highest BCUT2D eigenvalue weighted by Gasteiger charge is 2.18. The van der Waals surface area contributed by atoms with E-state index in [1.54, 1.807) is 18.0 Å². The van der Waals surface area contributed by atoms with Gasteiger partial charge in [0, 0.05) is 31.5 Å². The van der Waals surface area contributed by atoms with E-state index in [9.17, 15) is 0 Å². The van der Waals surface area contributed by atoms with E-state index in [1.807, 2.05) is 37.5 Å². The first-order valence-corrected chi connectivity index (χ1v) is 6.41. The Hall–Kier alpha value is -1.89. The van der Waals surface area contributed by atoms with Gasteiger partial charge >= 0.3 is 0 Å². The Morgan fingerprint density at radius 2 is 2.15 bits per heavy atom. The first kappa shape index (κ1) is 14.5. The first-order chi connectivity index (χ1) is 9.76. The van der Waals surface area contributed by atoms with Crippen LogP contribution < -0.4 is 16.0 Å². The van der Waals surface area contributed by atoms with Crippen molar-refractivity contribution in [2.24, 2.45) is 12.9 Å². The number of rotatable bonds is 7. The van der Waals surface area contributed by atoms with Crippen molar-refractivity contribution in [3.63, 3.8) is 0 Å². The number of benzene rings is 1. The zero-order valence-corrected chi connectivity index (χ0v) is 11.7. The van der Waals surface area contributed by atoms with E-state index >= 15 is 0 Å². The summed E-state index contributed by atoms with van der Waals surface area (Å²) in [5.41, 5.74) is 4.77. The van der Waals surface area contributed by atoms with Crippen molar-refractivity contribution in [2.45, 2.75) is 6.04 Å². The molecule has 0 fully saturated rings. The van der Waals surface area contributed by atoms with Gasteiger partial charge in [0.2, 0.25) is 0 Å². The van der Waals surface area contributed by atoms with Gasteiger partial charge in [0.25, 0.3) is 0 Å². The van der Waals surface area contributed by atoms with Gasteiger partial charge in [-0.1, -0.05) is 18.2 Å². The molecule has 108 valence electrons. The minimum atomic E-state index is -0.164. The molecule has 0 aliphatic heterocycles. The van der Waals surface area contributed by atoms with Crippen LogP contribution in [-0.2, 0) is 11.8 Å². The van der Waals surface area contributed by atoms with E-state index < -0.39 is 0 Å². The van der Waals surface area contributed by atoms with Crippen LogP contribution in [0, 0.1) is 0 Å². The summed E-state index contributed by atoms with van der Waals surface area (Å²) >= 11 is 0. The molecule has 1 aromatic carbocycles. The number of methoxy groups -OCH3 is 1. The Morgan fingerprint density at radius 3 is 2.80 bits per heavy atom. The van der Waals surface area contributed by atoms with Gasteiger partial charge in [-0.3, -0.25) is 10.5 Å². The van der Waals surface area contributed by atoms with Crippen LogP contribution in [0.1, 0.15) is 17.2 Å². The van der Waals surface area contributed by atoms with Crippen molar-refractivity contribution in [1.82, 2.24) is 15.2 Å². The van der Waals surface area contributed by atoms with Gasteiger partial charge in [-0.2, -0.15) is 5.10 Å². The van der Waals surface area contributed by atoms with Crippen LogP contribution in [-0.4, -0.2) is 30.1 Å². The molecular formula is C14H20N4O2. The fourth-order valence-electron chi connectivity index (χ4n) is 2.04. The molecule has 20 heavy (non-hydrogen) atoms. The lowest BCUT2D eigenvalue weighted by molar-refractivity contribution is 0.145. The molecule has 0 bridgehead atoms. The van der Waals surface area contributed by atoms with E-state index in [0.29, 0.717) is 13.2 Å². The van der Waals surface area contributed by atoms with Crippen molar-refractivity contribution < 1.29 is 9.47 Å². The number of aromatic nitrogens is 2. The molecule has 0 saturated heterocycles. The second-order valence-electron chi connectivity index (χ2n) is 4.43. The summed E-state index contributed by atoms with van der Waals surface area (Å²) in [6.45, 7) is 1.04. The van der Waals surface area contributed by atoms with Crippen molar-refractivity contribution >= 4 is 0 Å². The van der Waals surface area contributed by atoms with Crippen LogP contribution >= 0.6 is 0 Å². The van der Waals surface area contributed by atoms with Gasteiger partial charge in [0.1, 0.15) is 12.4 Å². The lowest BCUT2D eigenvalue weighted by Gasteiger charge is -2.18. The van der Waals surface area contributed by atoms with E-state index in [0.717, 1.165) is 16.9 Å². The normalized spacial score (nSPS) is 12.3. The monoisotopic (exact) mass is 276 g/mol. The Kier molecular flexibility index (Phi) is 5.11. The number of nitrogens with one attached hydrogen (secondary N) is 1. The van der Waals surface area contributed by atoms with E-state index in [-0.39, 0.29) is 6.04 Å². The molecule has 1 atom stereocenters. The average Bonchev–Trinajstić information content (AvgIpc) is 2.88. The maximum atomic E-state index is 5.74. The van der Waals surface area contributed by atoms with Crippen LogP contribution in [0.25, 0.3) is 0 Å². The van der Waals surface area contributed by atoms with Crippen molar-refractivity contribution in [3.05, 3.63) is 47.8 Å². The largest absolute Gasteiger partial charge is 0.491 e. The molecule has 3 N–H and O–H groups in total. The van der Waals surface area contributed by atoms with Gasteiger partial charge in [-0.05, 0) is 6.07 Å². The zero-order chi connectivity index (χ0) is 14.4. The number of nitrogens with zero attached hydrogens (tertiary/aromatic N) is 2. The Labute approximate surface area is 118 Å².